The Morgan fingerprint density at radius 1 is 1.28 bits per heavy atom. The first kappa shape index (κ1) is 13.5. The van der Waals surface area contributed by atoms with Crippen molar-refractivity contribution in [2.45, 2.75) is 24.2 Å². The Labute approximate surface area is 109 Å². The summed E-state index contributed by atoms with van der Waals surface area (Å²) >= 11 is 0. The van der Waals surface area contributed by atoms with Crippen molar-refractivity contribution in [3.05, 3.63) is 30.3 Å². The number of benzene rings is 1. The first-order valence-electron chi connectivity index (χ1n) is 6.22. The molecule has 1 aliphatic carbocycles. The second kappa shape index (κ2) is 4.99. The highest BCUT2D eigenvalue weighted by Gasteiger charge is 2.39. The van der Waals surface area contributed by atoms with Crippen molar-refractivity contribution in [3.8, 4) is 0 Å². The van der Waals surface area contributed by atoms with Crippen molar-refractivity contribution in [3.63, 3.8) is 0 Å². The summed E-state index contributed by atoms with van der Waals surface area (Å²) in [5, 5.41) is 0. The predicted octanol–water partition coefficient (Wildman–Crippen LogP) is 1.44. The van der Waals surface area contributed by atoms with Gasteiger partial charge in [-0.2, -0.15) is 0 Å². The van der Waals surface area contributed by atoms with Crippen molar-refractivity contribution in [1.29, 1.82) is 0 Å². The second-order valence-electron chi connectivity index (χ2n) is 5.13. The van der Waals surface area contributed by atoms with Gasteiger partial charge in [0.25, 0.3) is 0 Å². The van der Waals surface area contributed by atoms with Gasteiger partial charge in [0, 0.05) is 13.6 Å². The van der Waals surface area contributed by atoms with Crippen LogP contribution in [0.15, 0.2) is 35.2 Å². The zero-order valence-corrected chi connectivity index (χ0v) is 11.5. The number of rotatable bonds is 5. The fourth-order valence-electron chi connectivity index (χ4n) is 2.43. The molecule has 1 aromatic rings. The molecule has 5 heteroatoms. The van der Waals surface area contributed by atoms with Gasteiger partial charge in [-0.25, -0.2) is 12.7 Å². The third-order valence-corrected chi connectivity index (χ3v) is 5.67. The van der Waals surface area contributed by atoms with Crippen LogP contribution in [0.3, 0.4) is 0 Å². The maximum Gasteiger partial charge on any atom is 0.242 e. The predicted molar refractivity (Wildman–Crippen MR) is 71.6 cm³/mol. The van der Waals surface area contributed by atoms with E-state index in [1.807, 2.05) is 6.07 Å². The van der Waals surface area contributed by atoms with Gasteiger partial charge < -0.3 is 5.73 Å². The Hall–Kier alpha value is -0.910. The molecule has 0 bridgehead atoms. The molecule has 1 aromatic carbocycles. The van der Waals surface area contributed by atoms with Gasteiger partial charge in [0.1, 0.15) is 0 Å². The highest BCUT2D eigenvalue weighted by molar-refractivity contribution is 7.89. The zero-order chi connectivity index (χ0) is 13.2. The number of sulfonamides is 1. The summed E-state index contributed by atoms with van der Waals surface area (Å²) in [4.78, 5) is 0.346. The molecule has 100 valence electrons. The van der Waals surface area contributed by atoms with Gasteiger partial charge in [-0.05, 0) is 36.9 Å². The third-order valence-electron chi connectivity index (χ3n) is 3.86. The fraction of sp³-hybridized carbons (Fsp3) is 0.538. The molecule has 2 N–H and O–H groups in total. The van der Waals surface area contributed by atoms with Gasteiger partial charge in [0.2, 0.25) is 10.0 Å². The minimum absolute atomic E-state index is 0.00337. The average molecular weight is 268 g/mol. The highest BCUT2D eigenvalue weighted by Crippen LogP contribution is 2.41. The van der Waals surface area contributed by atoms with E-state index in [0.717, 1.165) is 19.3 Å². The monoisotopic (exact) mass is 268 g/mol. The quantitative estimate of drug-likeness (QED) is 0.879. The van der Waals surface area contributed by atoms with Gasteiger partial charge in [-0.15, -0.1) is 0 Å². The van der Waals surface area contributed by atoms with Crippen molar-refractivity contribution < 1.29 is 8.42 Å². The van der Waals surface area contributed by atoms with Crippen LogP contribution >= 0.6 is 0 Å². The molecule has 0 aliphatic heterocycles. The molecule has 0 spiro atoms. The molecule has 0 saturated heterocycles. The molecule has 1 fully saturated rings. The number of hydrogen-bond donors (Lipinski definition) is 1. The molecule has 0 aromatic heterocycles. The summed E-state index contributed by atoms with van der Waals surface area (Å²) in [5.41, 5.74) is 5.77. The van der Waals surface area contributed by atoms with E-state index < -0.39 is 10.0 Å². The SMILES string of the molecule is CN(CC1(CN)CCC1)S(=O)(=O)c1ccccc1. The molecule has 4 nitrogen and oxygen atoms in total. The topological polar surface area (TPSA) is 63.4 Å². The molecule has 0 radical (unpaired) electrons. The lowest BCUT2D eigenvalue weighted by Gasteiger charge is -2.43. The second-order valence-corrected chi connectivity index (χ2v) is 7.18. The third kappa shape index (κ3) is 2.43. The minimum Gasteiger partial charge on any atom is -0.330 e. The number of hydrogen-bond acceptors (Lipinski definition) is 3. The van der Waals surface area contributed by atoms with Crippen molar-refractivity contribution in [2.75, 3.05) is 20.1 Å². The van der Waals surface area contributed by atoms with Crippen LogP contribution in [0, 0.1) is 5.41 Å². The van der Waals surface area contributed by atoms with Crippen molar-refractivity contribution in [2.24, 2.45) is 11.1 Å². The van der Waals surface area contributed by atoms with E-state index in [2.05, 4.69) is 0 Å². The lowest BCUT2D eigenvalue weighted by atomic mass is 9.69. The van der Waals surface area contributed by atoms with E-state index in [0.29, 0.717) is 18.0 Å². The summed E-state index contributed by atoms with van der Waals surface area (Å²) in [6.45, 7) is 1.07. The summed E-state index contributed by atoms with van der Waals surface area (Å²) < 4.78 is 26.1. The van der Waals surface area contributed by atoms with Gasteiger partial charge in [-0.3, -0.25) is 0 Å². The van der Waals surface area contributed by atoms with E-state index in [-0.39, 0.29) is 5.41 Å². The van der Waals surface area contributed by atoms with Crippen molar-refractivity contribution >= 4 is 10.0 Å². The molecule has 2 rings (SSSR count). The van der Waals surface area contributed by atoms with Gasteiger partial charge in [-0.1, -0.05) is 24.6 Å². The van der Waals surface area contributed by atoms with Crippen LogP contribution in [-0.2, 0) is 10.0 Å². The minimum atomic E-state index is -3.38. The van der Waals surface area contributed by atoms with E-state index in [4.69, 9.17) is 5.73 Å². The van der Waals surface area contributed by atoms with E-state index in [1.165, 1.54) is 4.31 Å². The van der Waals surface area contributed by atoms with Gasteiger partial charge in [0.05, 0.1) is 4.90 Å². The molecular weight excluding hydrogens is 248 g/mol. The average Bonchev–Trinajstić information content (AvgIpc) is 2.34. The summed E-state index contributed by atoms with van der Waals surface area (Å²) in [7, 11) is -1.74. The molecular formula is C13H20N2O2S. The van der Waals surface area contributed by atoms with E-state index in [9.17, 15) is 8.42 Å². The van der Waals surface area contributed by atoms with Gasteiger partial charge in [0.15, 0.2) is 0 Å². The molecule has 0 heterocycles. The Morgan fingerprint density at radius 2 is 1.89 bits per heavy atom. The summed E-state index contributed by atoms with van der Waals surface area (Å²) in [6.07, 6.45) is 3.20. The maximum absolute atomic E-state index is 12.4. The Bertz CT molecular complexity index is 489. The standard InChI is InChI=1S/C13H20N2O2S/c1-15(11-13(10-14)8-5-9-13)18(16,17)12-6-3-2-4-7-12/h2-4,6-7H,5,8-11,14H2,1H3. The van der Waals surface area contributed by atoms with E-state index >= 15 is 0 Å². The normalized spacial score (nSPS) is 18.6. The fourth-order valence-corrected chi connectivity index (χ4v) is 3.74. The molecule has 0 unspecified atom stereocenters. The molecule has 1 saturated carbocycles. The van der Waals surface area contributed by atoms with Gasteiger partial charge >= 0.3 is 0 Å². The smallest absolute Gasteiger partial charge is 0.242 e. The Kier molecular flexibility index (Phi) is 3.75. The Morgan fingerprint density at radius 3 is 2.33 bits per heavy atom. The molecule has 0 amide bonds. The summed E-state index contributed by atoms with van der Waals surface area (Å²) in [6, 6.07) is 8.54. The van der Waals surface area contributed by atoms with Crippen LogP contribution in [0.5, 0.6) is 0 Å². The lowest BCUT2D eigenvalue weighted by molar-refractivity contribution is 0.118. The number of nitrogens with two attached hydrogens (primary N) is 1. The maximum atomic E-state index is 12.4. The summed E-state index contributed by atoms with van der Waals surface area (Å²) in [5.74, 6) is 0. The van der Waals surface area contributed by atoms with Crippen LogP contribution in [0.1, 0.15) is 19.3 Å². The zero-order valence-electron chi connectivity index (χ0n) is 10.7. The largest absolute Gasteiger partial charge is 0.330 e. The molecule has 1 aliphatic rings. The Balaban J connectivity index is 2.16. The van der Waals surface area contributed by atoms with Crippen LogP contribution in [0.25, 0.3) is 0 Å². The van der Waals surface area contributed by atoms with E-state index in [1.54, 1.807) is 31.3 Å². The van der Waals surface area contributed by atoms with Crippen LogP contribution in [-0.4, -0.2) is 32.9 Å². The number of nitrogens with zero attached hydrogens (tertiary/aromatic N) is 1. The van der Waals surface area contributed by atoms with Crippen LogP contribution in [0.2, 0.25) is 0 Å². The van der Waals surface area contributed by atoms with Crippen molar-refractivity contribution in [1.82, 2.24) is 4.31 Å². The molecule has 0 atom stereocenters. The molecule has 18 heavy (non-hydrogen) atoms. The first-order valence-corrected chi connectivity index (χ1v) is 7.66. The van der Waals surface area contributed by atoms with Crippen LogP contribution in [0.4, 0.5) is 0 Å². The highest BCUT2D eigenvalue weighted by atomic mass is 32.2. The lowest BCUT2D eigenvalue weighted by Crippen LogP contribution is -2.47. The first-order chi connectivity index (χ1) is 8.50. The van der Waals surface area contributed by atoms with Crippen LogP contribution < -0.4 is 5.73 Å².